The summed E-state index contributed by atoms with van der Waals surface area (Å²) in [4.78, 5) is 14.8. The van der Waals surface area contributed by atoms with Gasteiger partial charge in [-0.05, 0) is 20.3 Å². The standard InChI is InChI=1S/C9H14N2O2/c1-4-8-6(2)11(5-10-8)7(3)9(12)13/h5,7H,4H2,1-3H3,(H,12,13). The number of nitrogens with zero attached hydrogens (tertiary/aromatic N) is 2. The van der Waals surface area contributed by atoms with Crippen LogP contribution in [0, 0.1) is 6.92 Å². The van der Waals surface area contributed by atoms with Crippen molar-refractivity contribution < 1.29 is 9.90 Å². The lowest BCUT2D eigenvalue weighted by Crippen LogP contribution is -2.15. The van der Waals surface area contributed by atoms with Gasteiger partial charge in [-0.25, -0.2) is 9.78 Å². The van der Waals surface area contributed by atoms with Crippen molar-refractivity contribution in [1.82, 2.24) is 9.55 Å². The van der Waals surface area contributed by atoms with Gasteiger partial charge < -0.3 is 9.67 Å². The minimum absolute atomic E-state index is 0.534. The van der Waals surface area contributed by atoms with E-state index in [1.807, 2.05) is 13.8 Å². The number of carbonyl (C=O) groups is 1. The number of hydrogen-bond acceptors (Lipinski definition) is 2. The van der Waals surface area contributed by atoms with Gasteiger partial charge in [0.25, 0.3) is 0 Å². The molecule has 1 N–H and O–H groups in total. The summed E-state index contributed by atoms with van der Waals surface area (Å²) in [5.74, 6) is -0.830. The molecule has 0 spiro atoms. The van der Waals surface area contributed by atoms with Crippen molar-refractivity contribution in [3.63, 3.8) is 0 Å². The number of carboxylic acid groups (broad SMARTS) is 1. The maximum atomic E-state index is 10.7. The number of imidazole rings is 1. The average Bonchev–Trinajstić information content (AvgIpc) is 2.45. The molecule has 1 aromatic heterocycles. The predicted molar refractivity (Wildman–Crippen MR) is 48.7 cm³/mol. The van der Waals surface area contributed by atoms with Gasteiger partial charge in [0, 0.05) is 5.69 Å². The Balaban J connectivity index is 3.02. The van der Waals surface area contributed by atoms with E-state index in [-0.39, 0.29) is 0 Å². The van der Waals surface area contributed by atoms with Gasteiger partial charge in [-0.3, -0.25) is 0 Å². The Morgan fingerprint density at radius 1 is 1.77 bits per heavy atom. The van der Waals surface area contributed by atoms with Crippen molar-refractivity contribution in [2.45, 2.75) is 33.2 Å². The van der Waals surface area contributed by atoms with E-state index in [4.69, 9.17) is 5.11 Å². The van der Waals surface area contributed by atoms with Gasteiger partial charge in [0.1, 0.15) is 6.04 Å². The second kappa shape index (κ2) is 3.60. The van der Waals surface area contributed by atoms with E-state index < -0.39 is 12.0 Å². The van der Waals surface area contributed by atoms with Crippen LogP contribution in [0.4, 0.5) is 0 Å². The van der Waals surface area contributed by atoms with Crippen LogP contribution in [0.25, 0.3) is 0 Å². The molecule has 4 heteroatoms. The lowest BCUT2D eigenvalue weighted by Gasteiger charge is -2.09. The highest BCUT2D eigenvalue weighted by molar-refractivity contribution is 5.71. The number of aliphatic carboxylic acids is 1. The largest absolute Gasteiger partial charge is 0.480 e. The highest BCUT2D eigenvalue weighted by Gasteiger charge is 2.16. The lowest BCUT2D eigenvalue weighted by atomic mass is 10.2. The molecule has 0 aliphatic heterocycles. The van der Waals surface area contributed by atoms with Crippen molar-refractivity contribution in [1.29, 1.82) is 0 Å². The van der Waals surface area contributed by atoms with E-state index >= 15 is 0 Å². The molecule has 0 bridgehead atoms. The van der Waals surface area contributed by atoms with E-state index in [9.17, 15) is 4.79 Å². The van der Waals surface area contributed by atoms with E-state index in [0.717, 1.165) is 17.8 Å². The number of carboxylic acids is 1. The van der Waals surface area contributed by atoms with Crippen LogP contribution in [-0.4, -0.2) is 20.6 Å². The molecule has 1 heterocycles. The molecular weight excluding hydrogens is 168 g/mol. The summed E-state index contributed by atoms with van der Waals surface area (Å²) >= 11 is 0. The summed E-state index contributed by atoms with van der Waals surface area (Å²) < 4.78 is 1.68. The summed E-state index contributed by atoms with van der Waals surface area (Å²) in [7, 11) is 0. The monoisotopic (exact) mass is 182 g/mol. The van der Waals surface area contributed by atoms with Crippen LogP contribution in [0.1, 0.15) is 31.3 Å². The van der Waals surface area contributed by atoms with Gasteiger partial charge in [0.05, 0.1) is 12.0 Å². The fourth-order valence-electron chi connectivity index (χ4n) is 1.32. The van der Waals surface area contributed by atoms with Crippen molar-refractivity contribution in [2.24, 2.45) is 0 Å². The quantitative estimate of drug-likeness (QED) is 0.768. The summed E-state index contributed by atoms with van der Waals surface area (Å²) in [6, 6.07) is -0.534. The number of hydrogen-bond donors (Lipinski definition) is 1. The molecule has 0 aromatic carbocycles. The van der Waals surface area contributed by atoms with Gasteiger partial charge >= 0.3 is 5.97 Å². The first kappa shape index (κ1) is 9.77. The van der Waals surface area contributed by atoms with Crippen molar-refractivity contribution in [3.8, 4) is 0 Å². The fraction of sp³-hybridized carbons (Fsp3) is 0.556. The predicted octanol–water partition coefficient (Wildman–Crippen LogP) is 1.40. The average molecular weight is 182 g/mol. The molecular formula is C9H14N2O2. The molecule has 0 saturated heterocycles. The maximum Gasteiger partial charge on any atom is 0.326 e. The molecule has 13 heavy (non-hydrogen) atoms. The van der Waals surface area contributed by atoms with E-state index in [2.05, 4.69) is 4.98 Å². The molecule has 1 atom stereocenters. The first-order valence-corrected chi connectivity index (χ1v) is 4.33. The van der Waals surface area contributed by atoms with Crippen molar-refractivity contribution in [3.05, 3.63) is 17.7 Å². The van der Waals surface area contributed by atoms with Gasteiger partial charge in [-0.15, -0.1) is 0 Å². The van der Waals surface area contributed by atoms with E-state index in [0.29, 0.717) is 0 Å². The van der Waals surface area contributed by atoms with Crippen LogP contribution in [-0.2, 0) is 11.2 Å². The summed E-state index contributed by atoms with van der Waals surface area (Å²) in [6.07, 6.45) is 2.43. The Labute approximate surface area is 77.2 Å². The Morgan fingerprint density at radius 3 is 2.77 bits per heavy atom. The lowest BCUT2D eigenvalue weighted by molar-refractivity contribution is -0.140. The van der Waals surface area contributed by atoms with Gasteiger partial charge in [0.2, 0.25) is 0 Å². The number of rotatable bonds is 3. The Hall–Kier alpha value is -1.32. The third-order valence-corrected chi connectivity index (χ3v) is 2.25. The minimum atomic E-state index is -0.830. The zero-order valence-corrected chi connectivity index (χ0v) is 8.11. The highest BCUT2D eigenvalue weighted by atomic mass is 16.4. The molecule has 4 nitrogen and oxygen atoms in total. The molecule has 0 amide bonds. The van der Waals surface area contributed by atoms with Crippen LogP contribution >= 0.6 is 0 Å². The second-order valence-electron chi connectivity index (χ2n) is 3.05. The Morgan fingerprint density at radius 2 is 2.38 bits per heavy atom. The van der Waals surface area contributed by atoms with Crippen LogP contribution in [0.3, 0.4) is 0 Å². The fourth-order valence-corrected chi connectivity index (χ4v) is 1.32. The van der Waals surface area contributed by atoms with Crippen LogP contribution in [0.15, 0.2) is 6.33 Å². The second-order valence-corrected chi connectivity index (χ2v) is 3.05. The highest BCUT2D eigenvalue weighted by Crippen LogP contribution is 2.13. The Bertz CT molecular complexity index is 317. The zero-order chi connectivity index (χ0) is 10.0. The third-order valence-electron chi connectivity index (χ3n) is 2.25. The smallest absolute Gasteiger partial charge is 0.326 e. The molecule has 0 aliphatic carbocycles. The SMILES string of the molecule is CCc1ncn(C(C)C(=O)O)c1C. The molecule has 72 valence electrons. The van der Waals surface area contributed by atoms with Crippen LogP contribution < -0.4 is 0 Å². The van der Waals surface area contributed by atoms with E-state index in [1.54, 1.807) is 17.8 Å². The van der Waals surface area contributed by atoms with Crippen LogP contribution in [0.2, 0.25) is 0 Å². The Kier molecular flexibility index (Phi) is 2.70. The molecule has 1 aromatic rings. The first-order chi connectivity index (χ1) is 6.07. The number of aryl methyl sites for hydroxylation is 1. The normalized spacial score (nSPS) is 12.8. The minimum Gasteiger partial charge on any atom is -0.480 e. The number of aromatic nitrogens is 2. The molecule has 0 aliphatic rings. The van der Waals surface area contributed by atoms with Gasteiger partial charge in [-0.1, -0.05) is 6.92 Å². The molecule has 1 unspecified atom stereocenters. The van der Waals surface area contributed by atoms with E-state index in [1.165, 1.54) is 0 Å². The van der Waals surface area contributed by atoms with Gasteiger partial charge in [-0.2, -0.15) is 0 Å². The summed E-state index contributed by atoms with van der Waals surface area (Å²) in [5.41, 5.74) is 1.91. The molecule has 0 saturated carbocycles. The van der Waals surface area contributed by atoms with Crippen LogP contribution in [0.5, 0.6) is 0 Å². The maximum absolute atomic E-state index is 10.7. The topological polar surface area (TPSA) is 55.1 Å². The van der Waals surface area contributed by atoms with Gasteiger partial charge in [0.15, 0.2) is 0 Å². The molecule has 0 fully saturated rings. The molecule has 1 rings (SSSR count). The zero-order valence-electron chi connectivity index (χ0n) is 8.11. The first-order valence-electron chi connectivity index (χ1n) is 4.33. The van der Waals surface area contributed by atoms with Crippen molar-refractivity contribution in [2.75, 3.05) is 0 Å². The van der Waals surface area contributed by atoms with Crippen molar-refractivity contribution >= 4 is 5.97 Å². The summed E-state index contributed by atoms with van der Waals surface area (Å²) in [5, 5.41) is 8.79. The third kappa shape index (κ3) is 1.71. The summed E-state index contributed by atoms with van der Waals surface area (Å²) in [6.45, 7) is 5.55. The molecule has 0 radical (unpaired) electrons.